The van der Waals surface area contributed by atoms with Gasteiger partial charge >= 0.3 is 0 Å². The highest BCUT2D eigenvalue weighted by molar-refractivity contribution is 14.0. The van der Waals surface area contributed by atoms with Crippen LogP contribution in [0.15, 0.2) is 23.2 Å². The number of aliphatic imine (C=N–C) groups is 1. The SMILES string of the molecule is CCNC(=NCc1cccc(OC)n1)N(C)CCC1CCOCC1.I. The molecule has 0 amide bonds. The predicted octanol–water partition coefficient (Wildman–Crippen LogP) is 2.92. The quantitative estimate of drug-likeness (QED) is 0.384. The van der Waals surface area contributed by atoms with Gasteiger partial charge in [-0.15, -0.1) is 24.0 Å². The van der Waals surface area contributed by atoms with Crippen molar-refractivity contribution in [3.63, 3.8) is 0 Å². The fourth-order valence-electron chi connectivity index (χ4n) is 2.80. The molecule has 7 heteroatoms. The maximum atomic E-state index is 5.43. The number of rotatable bonds is 7. The van der Waals surface area contributed by atoms with Crippen LogP contribution in [0.1, 0.15) is 31.9 Å². The van der Waals surface area contributed by atoms with E-state index < -0.39 is 0 Å². The fraction of sp³-hybridized carbons (Fsp3) is 0.667. The second-order valence-corrected chi connectivity index (χ2v) is 6.11. The van der Waals surface area contributed by atoms with Gasteiger partial charge in [0.1, 0.15) is 0 Å². The van der Waals surface area contributed by atoms with Crippen LogP contribution in [0.4, 0.5) is 0 Å². The van der Waals surface area contributed by atoms with Crippen LogP contribution in [-0.2, 0) is 11.3 Å². The van der Waals surface area contributed by atoms with Gasteiger partial charge in [0.25, 0.3) is 0 Å². The minimum atomic E-state index is 0. The molecule has 1 aromatic heterocycles. The van der Waals surface area contributed by atoms with Gasteiger partial charge in [0.15, 0.2) is 5.96 Å². The van der Waals surface area contributed by atoms with Gasteiger partial charge in [-0.3, -0.25) is 0 Å². The molecule has 1 fully saturated rings. The number of aromatic nitrogens is 1. The third kappa shape index (κ3) is 7.77. The molecule has 0 aromatic carbocycles. The Hall–Kier alpha value is -1.09. The lowest BCUT2D eigenvalue weighted by Crippen LogP contribution is -2.40. The number of nitrogens with one attached hydrogen (secondary N) is 1. The fourth-order valence-corrected chi connectivity index (χ4v) is 2.80. The zero-order chi connectivity index (χ0) is 17.2. The lowest BCUT2D eigenvalue weighted by molar-refractivity contribution is 0.0625. The molecule has 0 atom stereocenters. The van der Waals surface area contributed by atoms with E-state index in [-0.39, 0.29) is 24.0 Å². The van der Waals surface area contributed by atoms with E-state index in [0.717, 1.165) is 43.9 Å². The number of pyridine rings is 1. The van der Waals surface area contributed by atoms with Crippen molar-refractivity contribution >= 4 is 29.9 Å². The number of ether oxygens (including phenoxy) is 2. The molecule has 0 unspecified atom stereocenters. The summed E-state index contributed by atoms with van der Waals surface area (Å²) in [4.78, 5) is 11.3. The molecule has 1 aliphatic rings. The topological polar surface area (TPSA) is 59.0 Å². The average Bonchev–Trinajstić information content (AvgIpc) is 2.64. The van der Waals surface area contributed by atoms with Crippen LogP contribution >= 0.6 is 24.0 Å². The molecular weight excluding hydrogens is 431 g/mol. The lowest BCUT2D eigenvalue weighted by Gasteiger charge is -2.26. The third-order valence-corrected chi connectivity index (χ3v) is 4.29. The van der Waals surface area contributed by atoms with Gasteiger partial charge in [-0.05, 0) is 38.2 Å². The largest absolute Gasteiger partial charge is 0.481 e. The molecule has 1 saturated heterocycles. The molecule has 0 saturated carbocycles. The number of guanidine groups is 1. The minimum absolute atomic E-state index is 0. The summed E-state index contributed by atoms with van der Waals surface area (Å²) < 4.78 is 10.6. The van der Waals surface area contributed by atoms with Gasteiger partial charge in [0.2, 0.25) is 5.88 Å². The summed E-state index contributed by atoms with van der Waals surface area (Å²) in [5.41, 5.74) is 0.905. The normalized spacial score (nSPS) is 15.4. The number of hydrogen-bond donors (Lipinski definition) is 1. The molecule has 0 aliphatic carbocycles. The first-order valence-electron chi connectivity index (χ1n) is 8.80. The molecule has 0 radical (unpaired) electrons. The number of hydrogen-bond acceptors (Lipinski definition) is 4. The summed E-state index contributed by atoms with van der Waals surface area (Å²) in [5.74, 6) is 2.32. The van der Waals surface area contributed by atoms with Gasteiger partial charge in [-0.2, -0.15) is 0 Å². The van der Waals surface area contributed by atoms with Crippen molar-refractivity contribution in [2.45, 2.75) is 32.7 Å². The van der Waals surface area contributed by atoms with Crippen LogP contribution in [0.5, 0.6) is 5.88 Å². The van der Waals surface area contributed by atoms with Crippen molar-refractivity contribution < 1.29 is 9.47 Å². The first kappa shape index (κ1) is 22.0. The number of methoxy groups -OCH3 is 1. The van der Waals surface area contributed by atoms with E-state index in [2.05, 4.69) is 29.2 Å². The van der Waals surface area contributed by atoms with Gasteiger partial charge in [-0.1, -0.05) is 6.07 Å². The Morgan fingerprint density at radius 2 is 2.16 bits per heavy atom. The highest BCUT2D eigenvalue weighted by atomic mass is 127. The Kier molecular flexibility index (Phi) is 10.8. The van der Waals surface area contributed by atoms with E-state index in [4.69, 9.17) is 14.5 Å². The van der Waals surface area contributed by atoms with Gasteiger partial charge in [-0.25, -0.2) is 9.98 Å². The first-order chi connectivity index (χ1) is 11.7. The maximum absolute atomic E-state index is 5.43. The van der Waals surface area contributed by atoms with E-state index in [1.165, 1.54) is 19.3 Å². The summed E-state index contributed by atoms with van der Waals surface area (Å²) in [6.07, 6.45) is 3.53. The Bertz CT molecular complexity index is 522. The van der Waals surface area contributed by atoms with E-state index in [9.17, 15) is 0 Å². The smallest absolute Gasteiger partial charge is 0.213 e. The van der Waals surface area contributed by atoms with Crippen molar-refractivity contribution in [1.29, 1.82) is 0 Å². The molecular formula is C18H31IN4O2. The Morgan fingerprint density at radius 3 is 2.84 bits per heavy atom. The number of halogens is 1. The molecule has 1 aliphatic heterocycles. The van der Waals surface area contributed by atoms with E-state index in [1.54, 1.807) is 7.11 Å². The molecule has 6 nitrogen and oxygen atoms in total. The van der Waals surface area contributed by atoms with Crippen molar-refractivity contribution in [2.75, 3.05) is 40.5 Å². The van der Waals surface area contributed by atoms with Crippen LogP contribution in [0, 0.1) is 5.92 Å². The lowest BCUT2D eigenvalue weighted by atomic mass is 9.96. The van der Waals surface area contributed by atoms with Crippen LogP contribution in [0.3, 0.4) is 0 Å². The molecule has 1 N–H and O–H groups in total. The Morgan fingerprint density at radius 1 is 1.40 bits per heavy atom. The summed E-state index contributed by atoms with van der Waals surface area (Å²) in [5, 5.41) is 3.36. The summed E-state index contributed by atoms with van der Waals surface area (Å²) in [6, 6.07) is 5.76. The van der Waals surface area contributed by atoms with Crippen molar-refractivity contribution in [2.24, 2.45) is 10.9 Å². The van der Waals surface area contributed by atoms with Crippen molar-refractivity contribution in [1.82, 2.24) is 15.2 Å². The second kappa shape index (κ2) is 12.3. The molecule has 2 rings (SSSR count). The molecule has 0 bridgehead atoms. The molecule has 2 heterocycles. The van der Waals surface area contributed by atoms with Crippen LogP contribution in [0.25, 0.3) is 0 Å². The third-order valence-electron chi connectivity index (χ3n) is 4.29. The second-order valence-electron chi connectivity index (χ2n) is 6.11. The van der Waals surface area contributed by atoms with E-state index in [0.29, 0.717) is 12.4 Å². The molecule has 1 aromatic rings. The zero-order valence-electron chi connectivity index (χ0n) is 15.5. The predicted molar refractivity (Wildman–Crippen MR) is 112 cm³/mol. The van der Waals surface area contributed by atoms with Crippen LogP contribution in [0.2, 0.25) is 0 Å². The molecule has 25 heavy (non-hydrogen) atoms. The Balaban J connectivity index is 0.00000312. The van der Waals surface area contributed by atoms with Gasteiger partial charge in [0.05, 0.1) is 19.3 Å². The number of nitrogens with zero attached hydrogens (tertiary/aromatic N) is 3. The summed E-state index contributed by atoms with van der Waals surface area (Å²) >= 11 is 0. The van der Waals surface area contributed by atoms with Gasteiger partial charge < -0.3 is 19.7 Å². The standard InChI is InChI=1S/C18H30N4O2.HI/c1-4-19-18(20-14-16-6-5-7-17(21-16)23-3)22(2)11-8-15-9-12-24-13-10-15;/h5-7,15H,4,8-14H2,1-3H3,(H,19,20);1H. The highest BCUT2D eigenvalue weighted by Crippen LogP contribution is 2.18. The summed E-state index contributed by atoms with van der Waals surface area (Å²) in [6.45, 7) is 6.30. The van der Waals surface area contributed by atoms with E-state index in [1.807, 2.05) is 18.2 Å². The Labute approximate surface area is 168 Å². The maximum Gasteiger partial charge on any atom is 0.213 e. The van der Waals surface area contributed by atoms with E-state index >= 15 is 0 Å². The molecule has 142 valence electrons. The van der Waals surface area contributed by atoms with Crippen molar-refractivity contribution in [3.05, 3.63) is 23.9 Å². The highest BCUT2D eigenvalue weighted by Gasteiger charge is 2.15. The summed E-state index contributed by atoms with van der Waals surface area (Å²) in [7, 11) is 3.73. The van der Waals surface area contributed by atoms with Crippen molar-refractivity contribution in [3.8, 4) is 5.88 Å². The van der Waals surface area contributed by atoms with Crippen LogP contribution in [-0.4, -0.2) is 56.3 Å². The monoisotopic (exact) mass is 462 g/mol. The van der Waals surface area contributed by atoms with Crippen LogP contribution < -0.4 is 10.1 Å². The van der Waals surface area contributed by atoms with Gasteiger partial charge in [0, 0.05) is 39.4 Å². The first-order valence-corrected chi connectivity index (χ1v) is 8.80. The minimum Gasteiger partial charge on any atom is -0.481 e. The zero-order valence-corrected chi connectivity index (χ0v) is 17.9. The molecule has 0 spiro atoms. The average molecular weight is 462 g/mol.